The van der Waals surface area contributed by atoms with Crippen molar-refractivity contribution in [2.75, 3.05) is 6.54 Å². The van der Waals surface area contributed by atoms with Gasteiger partial charge in [0.15, 0.2) is 0 Å². The van der Waals surface area contributed by atoms with E-state index in [1.165, 1.54) is 0 Å². The molecule has 1 aliphatic heterocycles. The first-order chi connectivity index (χ1) is 13.7. The van der Waals surface area contributed by atoms with E-state index < -0.39 is 0 Å². The number of benzene rings is 2. The molecule has 5 nitrogen and oxygen atoms in total. The highest BCUT2D eigenvalue weighted by Gasteiger charge is 2.31. The predicted molar refractivity (Wildman–Crippen MR) is 109 cm³/mol. The van der Waals surface area contributed by atoms with E-state index in [0.29, 0.717) is 23.3 Å². The first-order valence-corrected chi connectivity index (χ1v) is 9.72. The van der Waals surface area contributed by atoms with Crippen LogP contribution in [0.3, 0.4) is 0 Å². The van der Waals surface area contributed by atoms with Gasteiger partial charge in [-0.15, -0.1) is 0 Å². The van der Waals surface area contributed by atoms with Crippen molar-refractivity contribution in [2.24, 2.45) is 0 Å². The second-order valence-corrected chi connectivity index (χ2v) is 7.19. The van der Waals surface area contributed by atoms with Crippen LogP contribution in [0.1, 0.15) is 36.8 Å². The highest BCUT2D eigenvalue weighted by Crippen LogP contribution is 2.31. The Morgan fingerprint density at radius 1 is 1.11 bits per heavy atom. The summed E-state index contributed by atoms with van der Waals surface area (Å²) >= 11 is 5.94. The Morgan fingerprint density at radius 3 is 2.68 bits per heavy atom. The Hall–Kier alpha value is -2.92. The van der Waals surface area contributed by atoms with Crippen molar-refractivity contribution in [3.8, 4) is 11.4 Å². The zero-order valence-corrected chi connectivity index (χ0v) is 16.0. The lowest BCUT2D eigenvalue weighted by atomic mass is 10.0. The molecule has 0 aliphatic carbocycles. The van der Waals surface area contributed by atoms with Crippen LogP contribution in [0.2, 0.25) is 5.02 Å². The molecule has 0 saturated carbocycles. The van der Waals surface area contributed by atoms with Crippen LogP contribution in [-0.2, 0) is 4.79 Å². The van der Waals surface area contributed by atoms with Gasteiger partial charge in [-0.25, -0.2) is 0 Å². The first kappa shape index (κ1) is 18.4. The normalized spacial score (nSPS) is 17.2. The van der Waals surface area contributed by atoms with E-state index in [1.807, 2.05) is 53.4 Å². The van der Waals surface area contributed by atoms with Gasteiger partial charge in [-0.1, -0.05) is 47.1 Å². The summed E-state index contributed by atoms with van der Waals surface area (Å²) in [5, 5.41) is 4.75. The summed E-state index contributed by atoms with van der Waals surface area (Å²) in [5.74, 6) is 0.940. The molecule has 6 heteroatoms. The van der Waals surface area contributed by atoms with Crippen molar-refractivity contribution in [3.05, 3.63) is 77.2 Å². The number of likely N-dealkylation sites (tertiary alicyclic amines) is 1. The van der Waals surface area contributed by atoms with Crippen LogP contribution in [0.4, 0.5) is 0 Å². The predicted octanol–water partition coefficient (Wildman–Crippen LogP) is 5.16. The van der Waals surface area contributed by atoms with E-state index in [9.17, 15) is 4.79 Å². The third-order valence-corrected chi connectivity index (χ3v) is 5.09. The zero-order valence-electron chi connectivity index (χ0n) is 15.3. The molecule has 4 rings (SSSR count). The van der Waals surface area contributed by atoms with Crippen molar-refractivity contribution >= 4 is 23.6 Å². The van der Waals surface area contributed by atoms with E-state index in [4.69, 9.17) is 16.1 Å². The quantitative estimate of drug-likeness (QED) is 0.574. The number of piperidine rings is 1. The molecule has 0 radical (unpaired) electrons. The van der Waals surface area contributed by atoms with Gasteiger partial charge in [0.2, 0.25) is 17.6 Å². The van der Waals surface area contributed by atoms with Gasteiger partial charge in [-0.3, -0.25) is 4.79 Å². The van der Waals surface area contributed by atoms with Crippen LogP contribution in [0, 0.1) is 0 Å². The highest BCUT2D eigenvalue weighted by molar-refractivity contribution is 6.30. The average molecular weight is 394 g/mol. The van der Waals surface area contributed by atoms with E-state index in [1.54, 1.807) is 18.2 Å². The molecule has 3 aromatic rings. The Kier molecular flexibility index (Phi) is 5.53. The molecule has 1 aromatic heterocycles. The number of carbonyl (C=O) groups excluding carboxylic acids is 1. The Bertz CT molecular complexity index is 967. The fourth-order valence-corrected chi connectivity index (χ4v) is 3.49. The van der Waals surface area contributed by atoms with Gasteiger partial charge in [-0.05, 0) is 55.2 Å². The Morgan fingerprint density at radius 2 is 1.89 bits per heavy atom. The van der Waals surface area contributed by atoms with Crippen LogP contribution in [0.25, 0.3) is 17.5 Å². The molecule has 1 aliphatic rings. The minimum absolute atomic E-state index is 0.0419. The van der Waals surface area contributed by atoms with Crippen LogP contribution in [0.15, 0.2) is 65.2 Å². The van der Waals surface area contributed by atoms with Gasteiger partial charge < -0.3 is 9.42 Å². The smallest absolute Gasteiger partial charge is 0.249 e. The van der Waals surface area contributed by atoms with Crippen molar-refractivity contribution in [3.63, 3.8) is 0 Å². The summed E-state index contributed by atoms with van der Waals surface area (Å²) in [5.41, 5.74) is 1.82. The zero-order chi connectivity index (χ0) is 19.3. The fraction of sp³-hybridized carbons (Fsp3) is 0.227. The summed E-state index contributed by atoms with van der Waals surface area (Å²) in [6, 6.07) is 16.9. The van der Waals surface area contributed by atoms with E-state index in [2.05, 4.69) is 10.1 Å². The standard InChI is InChI=1S/C22H20ClN3O2/c23-18-12-10-17(11-13-18)21-24-22(28-25-21)19-8-4-5-15-26(19)20(27)14-9-16-6-2-1-3-7-16/h1-3,6-7,9-14,19H,4-5,8,15H2. The van der Waals surface area contributed by atoms with Crippen LogP contribution >= 0.6 is 11.6 Å². The van der Waals surface area contributed by atoms with Crippen LogP contribution in [-0.4, -0.2) is 27.5 Å². The minimum Gasteiger partial charge on any atom is -0.337 e. The summed E-state index contributed by atoms with van der Waals surface area (Å²) in [6.45, 7) is 0.682. The molecule has 0 N–H and O–H groups in total. The molecule has 2 aromatic carbocycles. The monoisotopic (exact) mass is 393 g/mol. The topological polar surface area (TPSA) is 59.2 Å². The molecule has 1 saturated heterocycles. The first-order valence-electron chi connectivity index (χ1n) is 9.34. The maximum absolute atomic E-state index is 12.8. The minimum atomic E-state index is -0.199. The summed E-state index contributed by atoms with van der Waals surface area (Å²) in [7, 11) is 0. The maximum Gasteiger partial charge on any atom is 0.249 e. The van der Waals surface area contributed by atoms with E-state index in [-0.39, 0.29) is 11.9 Å². The lowest BCUT2D eigenvalue weighted by Crippen LogP contribution is -2.37. The average Bonchev–Trinajstić information content (AvgIpc) is 3.23. The molecule has 28 heavy (non-hydrogen) atoms. The molecule has 142 valence electrons. The molecular formula is C22H20ClN3O2. The van der Waals surface area contributed by atoms with E-state index in [0.717, 1.165) is 30.4 Å². The summed E-state index contributed by atoms with van der Waals surface area (Å²) in [4.78, 5) is 19.2. The second-order valence-electron chi connectivity index (χ2n) is 6.75. The van der Waals surface area contributed by atoms with Crippen molar-refractivity contribution in [1.29, 1.82) is 0 Å². The van der Waals surface area contributed by atoms with Crippen molar-refractivity contribution in [1.82, 2.24) is 15.0 Å². The van der Waals surface area contributed by atoms with Gasteiger partial charge in [0.25, 0.3) is 0 Å². The molecule has 1 unspecified atom stereocenters. The van der Waals surface area contributed by atoms with Gasteiger partial charge in [-0.2, -0.15) is 4.98 Å². The van der Waals surface area contributed by atoms with Gasteiger partial charge in [0, 0.05) is 23.2 Å². The highest BCUT2D eigenvalue weighted by atomic mass is 35.5. The molecule has 2 heterocycles. The fourth-order valence-electron chi connectivity index (χ4n) is 3.37. The molecular weight excluding hydrogens is 374 g/mol. The van der Waals surface area contributed by atoms with Gasteiger partial charge in [0.1, 0.15) is 6.04 Å². The largest absolute Gasteiger partial charge is 0.337 e. The molecule has 1 atom stereocenters. The van der Waals surface area contributed by atoms with Crippen molar-refractivity contribution < 1.29 is 9.32 Å². The Balaban J connectivity index is 1.53. The third kappa shape index (κ3) is 4.15. The Labute approximate surface area is 168 Å². The maximum atomic E-state index is 12.8. The number of hydrogen-bond donors (Lipinski definition) is 0. The molecule has 1 fully saturated rings. The lowest BCUT2D eigenvalue weighted by molar-refractivity contribution is -0.130. The van der Waals surface area contributed by atoms with Crippen LogP contribution < -0.4 is 0 Å². The molecule has 0 spiro atoms. The van der Waals surface area contributed by atoms with Gasteiger partial charge in [0.05, 0.1) is 0 Å². The number of halogens is 1. The number of rotatable bonds is 4. The number of carbonyl (C=O) groups is 1. The second kappa shape index (κ2) is 8.40. The summed E-state index contributed by atoms with van der Waals surface area (Å²) < 4.78 is 5.52. The number of aromatic nitrogens is 2. The number of amides is 1. The summed E-state index contributed by atoms with van der Waals surface area (Å²) in [6.07, 6.45) is 6.26. The number of nitrogens with zero attached hydrogens (tertiary/aromatic N) is 3. The lowest BCUT2D eigenvalue weighted by Gasteiger charge is -2.32. The molecule has 1 amide bonds. The molecule has 0 bridgehead atoms. The van der Waals surface area contributed by atoms with Crippen molar-refractivity contribution in [2.45, 2.75) is 25.3 Å². The van der Waals surface area contributed by atoms with Gasteiger partial charge >= 0.3 is 0 Å². The van der Waals surface area contributed by atoms with Crippen LogP contribution in [0.5, 0.6) is 0 Å². The number of hydrogen-bond acceptors (Lipinski definition) is 4. The third-order valence-electron chi connectivity index (χ3n) is 4.83. The van der Waals surface area contributed by atoms with E-state index >= 15 is 0 Å². The SMILES string of the molecule is O=C(C=Cc1ccccc1)N1CCCCC1c1nc(-c2ccc(Cl)cc2)no1.